The summed E-state index contributed by atoms with van der Waals surface area (Å²) in [4.78, 5) is 10.1. The Bertz CT molecular complexity index is 578. The molecule has 0 saturated carbocycles. The summed E-state index contributed by atoms with van der Waals surface area (Å²) >= 11 is 0. The van der Waals surface area contributed by atoms with Crippen LogP contribution in [0.5, 0.6) is 0 Å². The lowest BCUT2D eigenvalue weighted by Crippen LogP contribution is -2.37. The van der Waals surface area contributed by atoms with E-state index in [2.05, 4.69) is 15.8 Å². The number of fused-ring (bicyclic) bond motifs is 1. The van der Waals surface area contributed by atoms with Crippen molar-refractivity contribution < 1.29 is 5.03 Å². The van der Waals surface area contributed by atoms with Gasteiger partial charge in [0.2, 0.25) is 0 Å². The summed E-state index contributed by atoms with van der Waals surface area (Å²) in [5.41, 5.74) is 12.3. The number of nitrogens with zero attached hydrogens (tertiary/aromatic N) is 2. The van der Waals surface area contributed by atoms with E-state index in [-0.39, 0.29) is 5.96 Å². The molecule has 2 rings (SSSR count). The molecule has 5 N–H and O–H groups in total. The second-order valence-electron chi connectivity index (χ2n) is 3.64. The maximum Gasteiger partial charge on any atom is 0.273 e. The molecule has 0 spiro atoms. The van der Waals surface area contributed by atoms with Gasteiger partial charge in [-0.05, 0) is 17.7 Å². The number of hydrazine groups is 1. The van der Waals surface area contributed by atoms with Gasteiger partial charge in [0, 0.05) is 11.9 Å². The topological polar surface area (TPSA) is 118 Å². The first-order valence-electron chi connectivity index (χ1n) is 5.39. The number of hydrazone groups is 1. The normalized spacial score (nSPS) is 15.6. The van der Waals surface area contributed by atoms with Crippen LogP contribution in [0, 0.1) is 10.1 Å². The third kappa shape index (κ3) is 3.46. The van der Waals surface area contributed by atoms with E-state index in [0.717, 1.165) is 16.9 Å². The summed E-state index contributed by atoms with van der Waals surface area (Å²) in [5.74, 6) is -0.331. The maximum atomic E-state index is 10.1. The fourth-order valence-corrected chi connectivity index (χ4v) is 1.51. The fourth-order valence-electron chi connectivity index (χ4n) is 1.51. The zero-order valence-corrected chi connectivity index (χ0v) is 9.83. The summed E-state index contributed by atoms with van der Waals surface area (Å²) < 4.78 is 0. The Morgan fingerprint density at radius 3 is 3.00 bits per heavy atom. The molecule has 1 heterocycles. The van der Waals surface area contributed by atoms with Crippen molar-refractivity contribution in [3.63, 3.8) is 0 Å². The summed E-state index contributed by atoms with van der Waals surface area (Å²) in [5, 5.41) is 16.0. The molecular weight excluding hydrogens is 248 g/mol. The second-order valence-corrected chi connectivity index (χ2v) is 3.64. The first-order valence-corrected chi connectivity index (χ1v) is 5.39. The predicted molar refractivity (Wildman–Crippen MR) is 72.1 cm³/mol. The van der Waals surface area contributed by atoms with Crippen LogP contribution in [-0.2, 0) is 0 Å². The zero-order chi connectivity index (χ0) is 13.7. The van der Waals surface area contributed by atoms with Gasteiger partial charge in [-0.1, -0.05) is 29.7 Å². The Kier molecular flexibility index (Phi) is 3.62. The van der Waals surface area contributed by atoms with Crippen molar-refractivity contribution in [3.8, 4) is 0 Å². The molecule has 0 aromatic heterocycles. The molecule has 0 unspecified atom stereocenters. The van der Waals surface area contributed by atoms with Gasteiger partial charge in [-0.2, -0.15) is 0 Å². The van der Waals surface area contributed by atoms with Crippen LogP contribution in [0.15, 0.2) is 47.3 Å². The Morgan fingerprint density at radius 1 is 1.42 bits per heavy atom. The molecule has 1 aliphatic rings. The first-order chi connectivity index (χ1) is 9.15. The lowest BCUT2D eigenvalue weighted by molar-refractivity contribution is -0.525. The van der Waals surface area contributed by atoms with Crippen molar-refractivity contribution in [2.24, 2.45) is 10.8 Å². The smallest absolute Gasteiger partial charge is 0.273 e. The summed E-state index contributed by atoms with van der Waals surface area (Å²) in [6.07, 6.45) is 5.34. The highest BCUT2D eigenvalue weighted by molar-refractivity contribution is 5.76. The van der Waals surface area contributed by atoms with Crippen molar-refractivity contribution in [3.05, 3.63) is 57.9 Å². The Labute approximate surface area is 108 Å². The van der Waals surface area contributed by atoms with Crippen molar-refractivity contribution in [2.75, 3.05) is 5.32 Å². The minimum atomic E-state index is -0.789. The number of nitro groups is 1. The molecule has 0 atom stereocenters. The number of guanidine groups is 1. The lowest BCUT2D eigenvalue weighted by Gasteiger charge is -2.14. The molecule has 1 aromatic carbocycles. The molecule has 1 aliphatic heterocycles. The van der Waals surface area contributed by atoms with Crippen molar-refractivity contribution >= 4 is 17.7 Å². The quantitative estimate of drug-likeness (QED) is 0.273. The van der Waals surface area contributed by atoms with Gasteiger partial charge >= 0.3 is 0 Å². The van der Waals surface area contributed by atoms with Gasteiger partial charge < -0.3 is 11.1 Å². The van der Waals surface area contributed by atoms with Crippen LogP contribution in [0.3, 0.4) is 0 Å². The van der Waals surface area contributed by atoms with E-state index in [4.69, 9.17) is 5.73 Å². The Hall–Kier alpha value is -3.03. The van der Waals surface area contributed by atoms with Crippen molar-refractivity contribution in [1.29, 1.82) is 0 Å². The van der Waals surface area contributed by atoms with Crippen molar-refractivity contribution in [2.45, 2.75) is 0 Å². The van der Waals surface area contributed by atoms with Gasteiger partial charge in [-0.3, -0.25) is 5.43 Å². The number of hydrogen-bond donors (Lipinski definition) is 4. The van der Waals surface area contributed by atoms with Crippen LogP contribution < -0.4 is 21.9 Å². The molecule has 8 heteroatoms. The first kappa shape index (κ1) is 12.4. The van der Waals surface area contributed by atoms with E-state index < -0.39 is 5.03 Å². The maximum absolute atomic E-state index is 10.1. The standard InChI is InChI=1S/C11H12N6O2/c12-11(16-17(18)19)15-13-7-9-6-5-8-3-1-2-4-10(8)14-9/h1-7,13-14H,(H3,12,15,16). The van der Waals surface area contributed by atoms with Crippen LogP contribution in [0.4, 0.5) is 5.69 Å². The number of hydrogen-bond acceptors (Lipinski definition) is 5. The largest absolute Gasteiger partial charge is 0.364 e. The van der Waals surface area contributed by atoms with E-state index in [1.54, 1.807) is 11.6 Å². The molecule has 19 heavy (non-hydrogen) atoms. The van der Waals surface area contributed by atoms with E-state index >= 15 is 0 Å². The van der Waals surface area contributed by atoms with E-state index in [1.807, 2.05) is 36.4 Å². The predicted octanol–water partition coefficient (Wildman–Crippen LogP) is 0.567. The van der Waals surface area contributed by atoms with Crippen LogP contribution in [-0.4, -0.2) is 11.0 Å². The van der Waals surface area contributed by atoms with E-state index in [0.29, 0.717) is 0 Å². The molecular formula is C11H12N6O2. The average molecular weight is 260 g/mol. The number of allylic oxidation sites excluding steroid dienone is 1. The van der Waals surface area contributed by atoms with Gasteiger partial charge in [0.1, 0.15) is 0 Å². The number of para-hydroxylation sites is 1. The van der Waals surface area contributed by atoms with Crippen LogP contribution in [0.2, 0.25) is 0 Å². The molecule has 0 fully saturated rings. The highest BCUT2D eigenvalue weighted by atomic mass is 16.7. The molecule has 1 aromatic rings. The number of benzene rings is 1. The third-order valence-corrected chi connectivity index (χ3v) is 2.29. The Morgan fingerprint density at radius 2 is 2.21 bits per heavy atom. The second kappa shape index (κ2) is 5.54. The van der Waals surface area contributed by atoms with Gasteiger partial charge in [0.15, 0.2) is 5.03 Å². The molecule has 0 aliphatic carbocycles. The molecule has 0 bridgehead atoms. The number of rotatable bonds is 3. The molecule has 0 saturated heterocycles. The van der Waals surface area contributed by atoms with Gasteiger partial charge in [-0.15, -0.1) is 5.10 Å². The number of anilines is 1. The summed E-state index contributed by atoms with van der Waals surface area (Å²) in [6, 6.07) is 7.80. The molecule has 8 nitrogen and oxygen atoms in total. The highest BCUT2D eigenvalue weighted by Crippen LogP contribution is 2.23. The summed E-state index contributed by atoms with van der Waals surface area (Å²) in [6.45, 7) is 0. The van der Waals surface area contributed by atoms with E-state index in [1.165, 1.54) is 0 Å². The van der Waals surface area contributed by atoms with Crippen LogP contribution in [0.1, 0.15) is 5.56 Å². The molecule has 0 amide bonds. The van der Waals surface area contributed by atoms with Crippen LogP contribution in [0.25, 0.3) is 6.08 Å². The van der Waals surface area contributed by atoms with Gasteiger partial charge in [-0.25, -0.2) is 10.1 Å². The number of nitrogens with two attached hydrogens (primary N) is 1. The molecule has 98 valence electrons. The number of nitrogens with one attached hydrogen (secondary N) is 3. The van der Waals surface area contributed by atoms with Crippen LogP contribution >= 0.6 is 0 Å². The third-order valence-electron chi connectivity index (χ3n) is 2.29. The van der Waals surface area contributed by atoms with Gasteiger partial charge in [0.05, 0.1) is 5.70 Å². The molecule has 0 radical (unpaired) electrons. The zero-order valence-electron chi connectivity index (χ0n) is 9.83. The average Bonchev–Trinajstić information content (AvgIpc) is 2.37. The SMILES string of the molecule is NC(=NNC=C1C=Cc2ccccc2N1)N[N+](=O)[O-]. The van der Waals surface area contributed by atoms with Gasteiger partial charge in [0.25, 0.3) is 5.96 Å². The summed E-state index contributed by atoms with van der Waals surface area (Å²) in [7, 11) is 0. The minimum Gasteiger partial charge on any atom is -0.364 e. The van der Waals surface area contributed by atoms with Crippen molar-refractivity contribution in [1.82, 2.24) is 10.9 Å². The monoisotopic (exact) mass is 260 g/mol. The lowest BCUT2D eigenvalue weighted by atomic mass is 10.1. The van der Waals surface area contributed by atoms with E-state index in [9.17, 15) is 10.1 Å². The fraction of sp³-hybridized carbons (Fsp3) is 0. The highest BCUT2D eigenvalue weighted by Gasteiger charge is 2.05. The Balaban J connectivity index is 1.98. The minimum absolute atomic E-state index is 0.331.